The molecule has 1 N–H and O–H groups in total. The van der Waals surface area contributed by atoms with Crippen molar-refractivity contribution in [3.8, 4) is 5.75 Å². The first-order chi connectivity index (χ1) is 8.63. The lowest BCUT2D eigenvalue weighted by Crippen LogP contribution is -2.05. The normalized spacial score (nSPS) is 12.2. The van der Waals surface area contributed by atoms with E-state index in [4.69, 9.17) is 16.3 Å². The van der Waals surface area contributed by atoms with Crippen LogP contribution in [0, 0.1) is 6.92 Å². The molecule has 2 rings (SSSR count). The number of aromatic nitrogens is 1. The third-order valence-corrected chi connectivity index (χ3v) is 3.06. The van der Waals surface area contributed by atoms with Gasteiger partial charge in [-0.2, -0.15) is 0 Å². The number of aryl methyl sites for hydroxylation is 1. The molecule has 0 aliphatic carbocycles. The monoisotopic (exact) mass is 263 g/mol. The second-order valence-corrected chi connectivity index (χ2v) is 4.40. The Labute approximate surface area is 111 Å². The van der Waals surface area contributed by atoms with Crippen LogP contribution in [0.5, 0.6) is 5.75 Å². The first-order valence-electron chi connectivity index (χ1n) is 5.56. The Morgan fingerprint density at radius 1 is 1.28 bits per heavy atom. The number of methoxy groups -OCH3 is 1. The third kappa shape index (κ3) is 2.47. The summed E-state index contributed by atoms with van der Waals surface area (Å²) in [6.45, 7) is 1.86. The molecule has 1 aromatic carbocycles. The van der Waals surface area contributed by atoms with Crippen LogP contribution in [-0.2, 0) is 0 Å². The Morgan fingerprint density at radius 3 is 2.72 bits per heavy atom. The van der Waals surface area contributed by atoms with Crippen molar-refractivity contribution < 1.29 is 9.84 Å². The Balaban J connectivity index is 2.48. The van der Waals surface area contributed by atoms with Crippen LogP contribution in [0.4, 0.5) is 0 Å². The molecule has 94 valence electrons. The standard InChI is InChI=1S/C14H14ClNO2/c1-9-11(4-3-7-16-9)14(17)12-8-10(15)5-6-13(12)18-2/h3-8,14,17H,1-2H3. The number of benzene rings is 1. The van der Waals surface area contributed by atoms with Crippen LogP contribution in [0.15, 0.2) is 36.5 Å². The molecular formula is C14H14ClNO2. The number of aliphatic hydroxyl groups excluding tert-OH is 1. The summed E-state index contributed by atoms with van der Waals surface area (Å²) in [4.78, 5) is 4.17. The molecule has 0 spiro atoms. The van der Waals surface area contributed by atoms with Crippen LogP contribution in [0.1, 0.15) is 22.9 Å². The van der Waals surface area contributed by atoms with Crippen molar-refractivity contribution in [2.75, 3.05) is 7.11 Å². The van der Waals surface area contributed by atoms with Crippen molar-refractivity contribution >= 4 is 11.6 Å². The lowest BCUT2D eigenvalue weighted by atomic mass is 10.00. The number of hydrogen-bond donors (Lipinski definition) is 1. The highest BCUT2D eigenvalue weighted by molar-refractivity contribution is 6.30. The van der Waals surface area contributed by atoms with E-state index >= 15 is 0 Å². The lowest BCUT2D eigenvalue weighted by molar-refractivity contribution is 0.213. The molecule has 0 aliphatic rings. The smallest absolute Gasteiger partial charge is 0.125 e. The SMILES string of the molecule is COc1ccc(Cl)cc1C(O)c1cccnc1C. The largest absolute Gasteiger partial charge is 0.496 e. The highest BCUT2D eigenvalue weighted by Gasteiger charge is 2.17. The van der Waals surface area contributed by atoms with Crippen molar-refractivity contribution in [1.29, 1.82) is 0 Å². The molecule has 1 atom stereocenters. The summed E-state index contributed by atoms with van der Waals surface area (Å²) in [7, 11) is 1.57. The highest BCUT2D eigenvalue weighted by Crippen LogP contribution is 2.32. The zero-order chi connectivity index (χ0) is 13.1. The van der Waals surface area contributed by atoms with Gasteiger partial charge in [0.25, 0.3) is 0 Å². The van der Waals surface area contributed by atoms with Crippen LogP contribution in [0.2, 0.25) is 5.02 Å². The fourth-order valence-corrected chi connectivity index (χ4v) is 2.05. The van der Waals surface area contributed by atoms with E-state index in [0.29, 0.717) is 16.3 Å². The van der Waals surface area contributed by atoms with Crippen molar-refractivity contribution in [1.82, 2.24) is 4.98 Å². The Bertz CT molecular complexity index is 557. The van der Waals surface area contributed by atoms with E-state index in [1.807, 2.05) is 13.0 Å². The Morgan fingerprint density at radius 2 is 2.06 bits per heavy atom. The topological polar surface area (TPSA) is 42.4 Å². The molecule has 0 fully saturated rings. The lowest BCUT2D eigenvalue weighted by Gasteiger charge is -2.16. The van der Waals surface area contributed by atoms with Crippen molar-refractivity contribution in [3.05, 3.63) is 58.4 Å². The van der Waals surface area contributed by atoms with E-state index in [1.54, 1.807) is 37.6 Å². The Kier molecular flexibility index (Phi) is 3.84. The zero-order valence-corrected chi connectivity index (χ0v) is 11.0. The maximum Gasteiger partial charge on any atom is 0.125 e. The second-order valence-electron chi connectivity index (χ2n) is 3.97. The molecule has 18 heavy (non-hydrogen) atoms. The quantitative estimate of drug-likeness (QED) is 0.925. The van der Waals surface area contributed by atoms with Gasteiger partial charge in [-0.1, -0.05) is 17.7 Å². The number of pyridine rings is 1. The van der Waals surface area contributed by atoms with Crippen LogP contribution in [0.25, 0.3) is 0 Å². The van der Waals surface area contributed by atoms with E-state index in [1.165, 1.54) is 0 Å². The van der Waals surface area contributed by atoms with Crippen LogP contribution >= 0.6 is 11.6 Å². The van der Waals surface area contributed by atoms with Crippen molar-refractivity contribution in [3.63, 3.8) is 0 Å². The zero-order valence-electron chi connectivity index (χ0n) is 10.2. The predicted octanol–water partition coefficient (Wildman–Crippen LogP) is 3.13. The number of ether oxygens (including phenoxy) is 1. The van der Waals surface area contributed by atoms with E-state index in [2.05, 4.69) is 4.98 Å². The molecule has 1 unspecified atom stereocenters. The van der Waals surface area contributed by atoms with Crippen molar-refractivity contribution in [2.45, 2.75) is 13.0 Å². The summed E-state index contributed by atoms with van der Waals surface area (Å²) in [6.07, 6.45) is 0.896. The van der Waals surface area contributed by atoms with Crippen LogP contribution < -0.4 is 4.74 Å². The first kappa shape index (κ1) is 12.9. The maximum absolute atomic E-state index is 10.4. The number of rotatable bonds is 3. The summed E-state index contributed by atoms with van der Waals surface area (Å²) >= 11 is 5.96. The summed E-state index contributed by atoms with van der Waals surface area (Å²) in [6, 6.07) is 8.81. The van der Waals surface area contributed by atoms with E-state index in [-0.39, 0.29) is 0 Å². The van der Waals surface area contributed by atoms with Gasteiger partial charge in [0.1, 0.15) is 11.9 Å². The number of hydrogen-bond acceptors (Lipinski definition) is 3. The van der Waals surface area contributed by atoms with Crippen molar-refractivity contribution in [2.24, 2.45) is 0 Å². The number of halogens is 1. The van der Waals surface area contributed by atoms with E-state index in [0.717, 1.165) is 11.3 Å². The van der Waals surface area contributed by atoms with Gasteiger partial charge in [0.15, 0.2) is 0 Å². The fraction of sp³-hybridized carbons (Fsp3) is 0.214. The minimum atomic E-state index is -0.799. The first-order valence-corrected chi connectivity index (χ1v) is 5.94. The molecule has 2 aromatic rings. The molecule has 0 radical (unpaired) electrons. The van der Waals surface area contributed by atoms with E-state index < -0.39 is 6.10 Å². The summed E-state index contributed by atoms with van der Waals surface area (Å²) < 4.78 is 5.24. The van der Waals surface area contributed by atoms with Gasteiger partial charge in [0.05, 0.1) is 7.11 Å². The molecule has 1 heterocycles. The van der Waals surface area contributed by atoms with Gasteiger partial charge in [-0.3, -0.25) is 4.98 Å². The van der Waals surface area contributed by atoms with Gasteiger partial charge in [-0.05, 0) is 31.2 Å². The predicted molar refractivity (Wildman–Crippen MR) is 71.0 cm³/mol. The van der Waals surface area contributed by atoms with Gasteiger partial charge in [-0.15, -0.1) is 0 Å². The maximum atomic E-state index is 10.4. The molecular weight excluding hydrogens is 250 g/mol. The fourth-order valence-electron chi connectivity index (χ4n) is 1.87. The molecule has 1 aromatic heterocycles. The summed E-state index contributed by atoms with van der Waals surface area (Å²) in [5.41, 5.74) is 2.17. The van der Waals surface area contributed by atoms with Gasteiger partial charge in [0.2, 0.25) is 0 Å². The van der Waals surface area contributed by atoms with Gasteiger partial charge in [-0.25, -0.2) is 0 Å². The molecule has 0 amide bonds. The summed E-state index contributed by atoms with van der Waals surface area (Å²) in [5, 5.41) is 11.0. The molecule has 0 saturated heterocycles. The summed E-state index contributed by atoms with van der Waals surface area (Å²) in [5.74, 6) is 0.607. The van der Waals surface area contributed by atoms with Gasteiger partial charge in [0, 0.05) is 28.0 Å². The average molecular weight is 264 g/mol. The number of nitrogens with zero attached hydrogens (tertiary/aromatic N) is 1. The van der Waals surface area contributed by atoms with E-state index in [9.17, 15) is 5.11 Å². The van der Waals surface area contributed by atoms with Gasteiger partial charge < -0.3 is 9.84 Å². The minimum absolute atomic E-state index is 0.561. The minimum Gasteiger partial charge on any atom is -0.496 e. The molecule has 4 heteroatoms. The molecule has 0 bridgehead atoms. The molecule has 0 aliphatic heterocycles. The van der Waals surface area contributed by atoms with Crippen LogP contribution in [0.3, 0.4) is 0 Å². The average Bonchev–Trinajstić information content (AvgIpc) is 2.38. The molecule has 0 saturated carbocycles. The number of aliphatic hydroxyl groups is 1. The molecule has 3 nitrogen and oxygen atoms in total. The third-order valence-electron chi connectivity index (χ3n) is 2.83. The highest BCUT2D eigenvalue weighted by atomic mass is 35.5. The van der Waals surface area contributed by atoms with Gasteiger partial charge >= 0.3 is 0 Å². The Hall–Kier alpha value is -1.58. The second kappa shape index (κ2) is 5.38. The van der Waals surface area contributed by atoms with Crippen LogP contribution in [-0.4, -0.2) is 17.2 Å².